The van der Waals surface area contributed by atoms with E-state index in [1.54, 1.807) is 17.5 Å². The first-order valence-electron chi connectivity index (χ1n) is 7.42. The summed E-state index contributed by atoms with van der Waals surface area (Å²) in [5.41, 5.74) is 0.740. The normalized spacial score (nSPS) is 14.2. The lowest BCUT2D eigenvalue weighted by molar-refractivity contribution is 0.0965. The van der Waals surface area contributed by atoms with Crippen LogP contribution in [0.3, 0.4) is 0 Å². The number of hydrogen-bond acceptors (Lipinski definition) is 5. The van der Waals surface area contributed by atoms with Gasteiger partial charge < -0.3 is 15.5 Å². The molecule has 0 spiro atoms. The molecule has 0 saturated heterocycles. The van der Waals surface area contributed by atoms with Crippen LogP contribution in [0.25, 0.3) is 0 Å². The predicted octanol–water partition coefficient (Wildman–Crippen LogP) is 2.21. The van der Waals surface area contributed by atoms with E-state index in [0.717, 1.165) is 5.56 Å². The lowest BCUT2D eigenvalue weighted by Crippen LogP contribution is -2.36. The second-order valence-electron chi connectivity index (χ2n) is 5.49. The monoisotopic (exact) mass is 379 g/mol. The SMILES string of the molecule is C#CC(C)(c1ccc(Cl)cc1)c1csc(NC(=O)NCC(O)CO)n1. The van der Waals surface area contributed by atoms with E-state index in [4.69, 9.17) is 23.1 Å². The van der Waals surface area contributed by atoms with Gasteiger partial charge in [0.15, 0.2) is 5.13 Å². The molecular formula is C17H18ClN3O3S. The van der Waals surface area contributed by atoms with Gasteiger partial charge in [0.05, 0.1) is 23.8 Å². The van der Waals surface area contributed by atoms with Crippen molar-refractivity contribution in [3.05, 3.63) is 45.9 Å². The Morgan fingerprint density at radius 2 is 2.16 bits per heavy atom. The number of carbonyl (C=O) groups excluding carboxylic acids is 1. The second kappa shape index (κ2) is 8.32. The highest BCUT2D eigenvalue weighted by atomic mass is 35.5. The average molecular weight is 380 g/mol. The van der Waals surface area contributed by atoms with Crippen molar-refractivity contribution in [2.75, 3.05) is 18.5 Å². The number of anilines is 1. The zero-order valence-electron chi connectivity index (χ0n) is 13.5. The number of benzene rings is 1. The molecule has 0 aliphatic rings. The molecular weight excluding hydrogens is 362 g/mol. The van der Waals surface area contributed by atoms with Crippen LogP contribution in [0.2, 0.25) is 5.02 Å². The number of rotatable bonds is 6. The van der Waals surface area contributed by atoms with Crippen molar-refractivity contribution in [3.8, 4) is 12.3 Å². The van der Waals surface area contributed by atoms with Gasteiger partial charge in [-0.2, -0.15) is 0 Å². The van der Waals surface area contributed by atoms with Crippen molar-refractivity contribution in [2.45, 2.75) is 18.4 Å². The highest BCUT2D eigenvalue weighted by Crippen LogP contribution is 2.33. The van der Waals surface area contributed by atoms with E-state index in [9.17, 15) is 9.90 Å². The first kappa shape index (κ1) is 19.2. The Kier molecular flexibility index (Phi) is 6.39. The van der Waals surface area contributed by atoms with Crippen LogP contribution < -0.4 is 10.6 Å². The lowest BCUT2D eigenvalue weighted by atomic mass is 9.81. The van der Waals surface area contributed by atoms with E-state index < -0.39 is 24.2 Å². The number of carbonyl (C=O) groups is 1. The Balaban J connectivity index is 2.12. The molecule has 0 aliphatic heterocycles. The fourth-order valence-electron chi connectivity index (χ4n) is 2.07. The van der Waals surface area contributed by atoms with Crippen molar-refractivity contribution in [2.24, 2.45) is 0 Å². The largest absolute Gasteiger partial charge is 0.394 e. The minimum absolute atomic E-state index is 0.0621. The molecule has 8 heteroatoms. The molecule has 2 aromatic rings. The van der Waals surface area contributed by atoms with Crippen LogP contribution in [-0.4, -0.2) is 40.5 Å². The number of aliphatic hydroxyl groups is 2. The lowest BCUT2D eigenvalue weighted by Gasteiger charge is -2.22. The first-order chi connectivity index (χ1) is 11.9. The van der Waals surface area contributed by atoms with Crippen molar-refractivity contribution >= 4 is 34.1 Å². The zero-order chi connectivity index (χ0) is 18.4. The maximum absolute atomic E-state index is 11.8. The maximum atomic E-state index is 11.8. The van der Waals surface area contributed by atoms with E-state index in [-0.39, 0.29) is 6.54 Å². The van der Waals surface area contributed by atoms with Crippen molar-refractivity contribution in [1.29, 1.82) is 0 Å². The van der Waals surface area contributed by atoms with Crippen molar-refractivity contribution < 1.29 is 15.0 Å². The summed E-state index contributed by atoms with van der Waals surface area (Å²) in [6, 6.07) is 6.69. The summed E-state index contributed by atoms with van der Waals surface area (Å²) >= 11 is 7.16. The quantitative estimate of drug-likeness (QED) is 0.579. The third-order valence-electron chi connectivity index (χ3n) is 3.66. The van der Waals surface area contributed by atoms with Gasteiger partial charge in [-0.25, -0.2) is 9.78 Å². The number of halogens is 1. The van der Waals surface area contributed by atoms with Gasteiger partial charge in [-0.3, -0.25) is 5.32 Å². The standard InChI is InChI=1S/C17H18ClN3O3S/c1-3-17(2,11-4-6-12(18)7-5-11)14-10-25-16(20-14)21-15(24)19-8-13(23)9-22/h1,4-7,10,13,22-23H,8-9H2,2H3,(H2,19,20,21,24). The molecule has 2 atom stereocenters. The van der Waals surface area contributed by atoms with Crippen molar-refractivity contribution in [1.82, 2.24) is 10.3 Å². The number of amides is 2. The zero-order valence-corrected chi connectivity index (χ0v) is 15.1. The van der Waals surface area contributed by atoms with E-state index in [2.05, 4.69) is 21.5 Å². The van der Waals surface area contributed by atoms with E-state index in [1.807, 2.05) is 19.1 Å². The summed E-state index contributed by atoms with van der Waals surface area (Å²) in [6.07, 6.45) is 4.74. The smallest absolute Gasteiger partial charge is 0.321 e. The molecule has 1 aromatic carbocycles. The van der Waals surface area contributed by atoms with Gasteiger partial charge >= 0.3 is 6.03 Å². The van der Waals surface area contributed by atoms with Gasteiger partial charge in [-0.1, -0.05) is 29.7 Å². The Morgan fingerprint density at radius 3 is 2.76 bits per heavy atom. The topological polar surface area (TPSA) is 94.5 Å². The van der Waals surface area contributed by atoms with Crippen molar-refractivity contribution in [3.63, 3.8) is 0 Å². The van der Waals surface area contributed by atoms with Gasteiger partial charge in [0.25, 0.3) is 0 Å². The Labute approximate surface area is 154 Å². The van der Waals surface area contributed by atoms with E-state index in [1.165, 1.54) is 11.3 Å². The van der Waals surface area contributed by atoms with Crippen LogP contribution in [0.1, 0.15) is 18.2 Å². The predicted molar refractivity (Wildman–Crippen MR) is 99.0 cm³/mol. The van der Waals surface area contributed by atoms with Gasteiger partial charge in [-0.15, -0.1) is 17.8 Å². The Bertz CT molecular complexity index is 772. The number of aromatic nitrogens is 1. The van der Waals surface area contributed by atoms with Crippen LogP contribution in [0.4, 0.5) is 9.93 Å². The fourth-order valence-corrected chi connectivity index (χ4v) is 3.01. The maximum Gasteiger partial charge on any atom is 0.321 e. The molecule has 132 valence electrons. The van der Waals surface area contributed by atoms with Gasteiger partial charge in [0, 0.05) is 16.9 Å². The molecule has 6 nitrogen and oxygen atoms in total. The molecule has 0 fully saturated rings. The third kappa shape index (κ3) is 4.71. The van der Waals surface area contributed by atoms with E-state index >= 15 is 0 Å². The van der Waals surface area contributed by atoms with E-state index in [0.29, 0.717) is 15.8 Å². The number of thiazole rings is 1. The minimum Gasteiger partial charge on any atom is -0.394 e. The summed E-state index contributed by atoms with van der Waals surface area (Å²) < 4.78 is 0. The van der Waals surface area contributed by atoms with Crippen LogP contribution in [0.5, 0.6) is 0 Å². The molecule has 4 N–H and O–H groups in total. The molecule has 0 aliphatic carbocycles. The summed E-state index contributed by atoms with van der Waals surface area (Å²) in [4.78, 5) is 16.2. The molecule has 1 aromatic heterocycles. The summed E-state index contributed by atoms with van der Waals surface area (Å²) in [7, 11) is 0. The summed E-state index contributed by atoms with van der Waals surface area (Å²) in [6.45, 7) is 1.38. The number of urea groups is 1. The highest BCUT2D eigenvalue weighted by molar-refractivity contribution is 7.14. The average Bonchev–Trinajstić information content (AvgIpc) is 3.08. The number of aliphatic hydroxyl groups excluding tert-OH is 2. The minimum atomic E-state index is -1.01. The summed E-state index contributed by atoms with van der Waals surface area (Å²) in [5.74, 6) is 2.76. The molecule has 0 saturated carbocycles. The number of nitrogens with one attached hydrogen (secondary N) is 2. The fraction of sp³-hybridized carbons (Fsp3) is 0.294. The molecule has 2 rings (SSSR count). The number of terminal acetylenes is 1. The highest BCUT2D eigenvalue weighted by Gasteiger charge is 2.29. The molecule has 2 amide bonds. The van der Waals surface area contributed by atoms with Gasteiger partial charge in [0.1, 0.15) is 0 Å². The van der Waals surface area contributed by atoms with Gasteiger partial charge in [0.2, 0.25) is 0 Å². The number of nitrogens with zero attached hydrogens (tertiary/aromatic N) is 1. The Hall–Kier alpha value is -2.11. The van der Waals surface area contributed by atoms with Crippen LogP contribution in [0, 0.1) is 12.3 Å². The molecule has 0 bridgehead atoms. The molecule has 0 radical (unpaired) electrons. The van der Waals surface area contributed by atoms with Gasteiger partial charge in [-0.05, 0) is 24.6 Å². The van der Waals surface area contributed by atoms with Crippen LogP contribution in [0.15, 0.2) is 29.6 Å². The summed E-state index contributed by atoms with van der Waals surface area (Å²) in [5, 5.41) is 25.7. The Morgan fingerprint density at radius 1 is 1.48 bits per heavy atom. The molecule has 1 heterocycles. The first-order valence-corrected chi connectivity index (χ1v) is 8.68. The third-order valence-corrected chi connectivity index (χ3v) is 4.67. The number of hydrogen-bond donors (Lipinski definition) is 4. The van der Waals surface area contributed by atoms with Crippen LogP contribution >= 0.6 is 22.9 Å². The molecule has 2 unspecified atom stereocenters. The second-order valence-corrected chi connectivity index (χ2v) is 6.78. The molecule has 25 heavy (non-hydrogen) atoms. The van der Waals surface area contributed by atoms with Crippen LogP contribution in [-0.2, 0) is 5.41 Å².